The van der Waals surface area contributed by atoms with Gasteiger partial charge in [0, 0.05) is 6.42 Å². The Bertz CT molecular complexity index is 263. The first-order valence-corrected chi connectivity index (χ1v) is 4.77. The predicted octanol–water partition coefficient (Wildman–Crippen LogP) is 1.28. The number of halogens is 4. The molecule has 2 nitrogen and oxygen atoms in total. The van der Waals surface area contributed by atoms with E-state index in [0.29, 0.717) is 0 Å². The van der Waals surface area contributed by atoms with Crippen molar-refractivity contribution in [3.8, 4) is 0 Å². The highest BCUT2D eigenvalue weighted by molar-refractivity contribution is 7.92. The lowest BCUT2D eigenvalue weighted by Gasteiger charge is -2.07. The van der Waals surface area contributed by atoms with E-state index in [0.717, 1.165) is 0 Å². The number of rotatable bonds is 1. The zero-order valence-electron chi connectivity index (χ0n) is 5.75. The Kier molecular flexibility index (Phi) is 2.33. The molecule has 0 amide bonds. The van der Waals surface area contributed by atoms with Gasteiger partial charge in [0.05, 0.1) is 5.92 Å². The fourth-order valence-corrected chi connectivity index (χ4v) is 2.55. The summed E-state index contributed by atoms with van der Waals surface area (Å²) >= 11 is 0. The summed E-state index contributed by atoms with van der Waals surface area (Å²) in [4.78, 5) is 0. The van der Waals surface area contributed by atoms with E-state index in [1.807, 2.05) is 0 Å². The molecule has 1 aliphatic heterocycles. The van der Waals surface area contributed by atoms with Gasteiger partial charge in [-0.1, -0.05) is 0 Å². The van der Waals surface area contributed by atoms with E-state index in [9.17, 15) is 26.0 Å². The smallest absolute Gasteiger partial charge is 0.230 e. The lowest BCUT2D eigenvalue weighted by Crippen LogP contribution is -2.22. The van der Waals surface area contributed by atoms with Gasteiger partial charge in [-0.25, -0.2) is 26.0 Å². The quantitative estimate of drug-likeness (QED) is 0.605. The summed E-state index contributed by atoms with van der Waals surface area (Å²) < 4.78 is 69.7. The minimum Gasteiger partial charge on any atom is -0.230 e. The molecule has 0 aromatic heterocycles. The molecule has 3 atom stereocenters. The fourth-order valence-electron chi connectivity index (χ4n) is 1.06. The molecule has 12 heavy (non-hydrogen) atoms. The number of hydrogen-bond donors (Lipinski definition) is 0. The van der Waals surface area contributed by atoms with Crippen LogP contribution in [-0.2, 0) is 9.84 Å². The molecule has 0 aromatic rings. The van der Waals surface area contributed by atoms with Crippen molar-refractivity contribution in [1.82, 2.24) is 0 Å². The minimum absolute atomic E-state index is 0.943. The van der Waals surface area contributed by atoms with E-state index < -0.39 is 39.6 Å². The van der Waals surface area contributed by atoms with Crippen molar-refractivity contribution in [2.24, 2.45) is 5.92 Å². The summed E-state index contributed by atoms with van der Waals surface area (Å²) in [6.45, 7) is 0. The summed E-state index contributed by atoms with van der Waals surface area (Å²) in [6.07, 6.45) is -4.07. The lowest BCUT2D eigenvalue weighted by atomic mass is 10.1. The third-order valence-corrected chi connectivity index (χ3v) is 3.67. The van der Waals surface area contributed by atoms with Crippen LogP contribution >= 0.6 is 0 Å². The first-order chi connectivity index (χ1) is 5.37. The number of sulfone groups is 1. The Morgan fingerprint density at radius 3 is 1.92 bits per heavy atom. The Labute approximate surface area is 66.5 Å². The zero-order chi connectivity index (χ0) is 9.52. The summed E-state index contributed by atoms with van der Waals surface area (Å²) in [6, 6.07) is 0. The molecule has 1 fully saturated rings. The molecule has 0 aliphatic carbocycles. The number of hydrogen-bond acceptors (Lipinski definition) is 2. The molecule has 1 heterocycles. The lowest BCUT2D eigenvalue weighted by molar-refractivity contribution is 0.0502. The van der Waals surface area contributed by atoms with Gasteiger partial charge >= 0.3 is 0 Å². The van der Waals surface area contributed by atoms with Crippen molar-refractivity contribution in [2.75, 3.05) is 0 Å². The molecule has 0 aromatic carbocycles. The SMILES string of the molecule is O=S1(=O)C(F)CC(C(F)F)C1F. The van der Waals surface area contributed by atoms with E-state index in [4.69, 9.17) is 0 Å². The van der Waals surface area contributed by atoms with Crippen molar-refractivity contribution in [3.05, 3.63) is 0 Å². The van der Waals surface area contributed by atoms with E-state index >= 15 is 0 Å². The molecule has 1 aliphatic rings. The topological polar surface area (TPSA) is 34.1 Å². The highest BCUT2D eigenvalue weighted by atomic mass is 32.2. The van der Waals surface area contributed by atoms with Gasteiger partial charge in [-0.3, -0.25) is 0 Å². The van der Waals surface area contributed by atoms with Crippen molar-refractivity contribution in [1.29, 1.82) is 0 Å². The van der Waals surface area contributed by atoms with Crippen molar-refractivity contribution < 1.29 is 26.0 Å². The summed E-state index contributed by atoms with van der Waals surface area (Å²) in [7, 11) is -4.61. The summed E-state index contributed by atoms with van der Waals surface area (Å²) in [5.74, 6) is -2.01. The van der Waals surface area contributed by atoms with Gasteiger partial charge in [0.2, 0.25) is 27.3 Å². The molecular formula is C5H6F4O2S. The van der Waals surface area contributed by atoms with E-state index in [1.165, 1.54) is 0 Å². The maximum atomic E-state index is 12.6. The van der Waals surface area contributed by atoms with Crippen LogP contribution in [0.25, 0.3) is 0 Å². The van der Waals surface area contributed by atoms with Gasteiger partial charge in [0.1, 0.15) is 0 Å². The highest BCUT2D eigenvalue weighted by Crippen LogP contribution is 2.37. The molecule has 0 N–H and O–H groups in total. The molecule has 7 heteroatoms. The van der Waals surface area contributed by atoms with E-state index in [-0.39, 0.29) is 0 Å². The Morgan fingerprint density at radius 2 is 1.75 bits per heavy atom. The average molecular weight is 206 g/mol. The third kappa shape index (κ3) is 1.30. The second-order valence-corrected chi connectivity index (χ2v) is 4.72. The predicted molar refractivity (Wildman–Crippen MR) is 32.8 cm³/mol. The molecule has 0 bridgehead atoms. The van der Waals surface area contributed by atoms with E-state index in [1.54, 1.807) is 0 Å². The van der Waals surface area contributed by atoms with E-state index in [2.05, 4.69) is 0 Å². The molecule has 0 saturated carbocycles. The first kappa shape index (κ1) is 9.76. The second-order valence-electron chi connectivity index (χ2n) is 2.58. The normalized spacial score (nSPS) is 40.6. The van der Waals surface area contributed by atoms with Crippen LogP contribution in [0.2, 0.25) is 0 Å². The zero-order valence-corrected chi connectivity index (χ0v) is 6.57. The van der Waals surface area contributed by atoms with Crippen LogP contribution in [-0.4, -0.2) is 25.9 Å². The van der Waals surface area contributed by atoms with Crippen LogP contribution in [0.4, 0.5) is 17.6 Å². The van der Waals surface area contributed by atoms with Crippen molar-refractivity contribution in [3.63, 3.8) is 0 Å². The summed E-state index contributed by atoms with van der Waals surface area (Å²) in [5.41, 5.74) is -5.24. The highest BCUT2D eigenvalue weighted by Gasteiger charge is 2.52. The first-order valence-electron chi connectivity index (χ1n) is 3.16. The molecule has 0 spiro atoms. The van der Waals surface area contributed by atoms with Gasteiger partial charge < -0.3 is 0 Å². The van der Waals surface area contributed by atoms with Crippen LogP contribution in [0.3, 0.4) is 0 Å². The molecule has 1 rings (SSSR count). The van der Waals surface area contributed by atoms with Crippen LogP contribution in [0.15, 0.2) is 0 Å². The molecule has 0 radical (unpaired) electrons. The van der Waals surface area contributed by atoms with Gasteiger partial charge in [-0.05, 0) is 0 Å². The third-order valence-electron chi connectivity index (χ3n) is 1.79. The van der Waals surface area contributed by atoms with Crippen molar-refractivity contribution in [2.45, 2.75) is 23.9 Å². The van der Waals surface area contributed by atoms with Crippen molar-refractivity contribution >= 4 is 9.84 Å². The summed E-state index contributed by atoms with van der Waals surface area (Å²) in [5, 5.41) is 0. The molecule has 72 valence electrons. The average Bonchev–Trinajstić information content (AvgIpc) is 2.13. The van der Waals surface area contributed by atoms with Gasteiger partial charge in [0.15, 0.2) is 0 Å². The van der Waals surface area contributed by atoms with Gasteiger partial charge in [-0.15, -0.1) is 0 Å². The molecule has 1 saturated heterocycles. The Hall–Kier alpha value is -0.330. The fraction of sp³-hybridized carbons (Fsp3) is 1.00. The van der Waals surface area contributed by atoms with Crippen LogP contribution in [0, 0.1) is 5.92 Å². The standard InChI is InChI=1S/C5H6F4O2S/c6-3-1-2(4(7)8)5(9)12(3,10)11/h2-5H,1H2. The molecule has 3 unspecified atom stereocenters. The van der Waals surface area contributed by atoms with Gasteiger partial charge in [-0.2, -0.15) is 0 Å². The second kappa shape index (κ2) is 2.86. The van der Waals surface area contributed by atoms with Crippen LogP contribution < -0.4 is 0 Å². The minimum atomic E-state index is -4.61. The Morgan fingerprint density at radius 1 is 1.25 bits per heavy atom. The van der Waals surface area contributed by atoms with Crippen LogP contribution in [0.5, 0.6) is 0 Å². The monoisotopic (exact) mass is 206 g/mol. The largest absolute Gasteiger partial charge is 0.245 e. The van der Waals surface area contributed by atoms with Crippen LogP contribution in [0.1, 0.15) is 6.42 Å². The molecular weight excluding hydrogens is 200 g/mol. The van der Waals surface area contributed by atoms with Gasteiger partial charge in [0.25, 0.3) is 0 Å². The number of alkyl halides is 4. The maximum absolute atomic E-state index is 12.6. The Balaban J connectivity index is 2.91. The maximum Gasteiger partial charge on any atom is 0.245 e.